The van der Waals surface area contributed by atoms with Crippen LogP contribution in [0.5, 0.6) is 0 Å². The van der Waals surface area contributed by atoms with Crippen LogP contribution in [0, 0.1) is 0 Å². The van der Waals surface area contributed by atoms with E-state index in [1.54, 1.807) is 25.7 Å². The molecule has 23 heavy (non-hydrogen) atoms. The first-order valence-corrected chi connectivity index (χ1v) is 7.18. The largest absolute Gasteiger partial charge is 0.451 e. The van der Waals surface area contributed by atoms with Gasteiger partial charge in [0.15, 0.2) is 0 Å². The Bertz CT molecular complexity index is 547. The molecule has 2 heterocycles. The fraction of sp³-hybridized carbons (Fsp3) is 0.643. The fourth-order valence-electron chi connectivity index (χ4n) is 2.10. The molecule has 0 saturated carbocycles. The number of amides is 1. The number of halogens is 3. The average molecular weight is 332 g/mol. The number of nitrogens with zero attached hydrogens (tertiary/aromatic N) is 4. The molecule has 1 saturated heterocycles. The van der Waals surface area contributed by atoms with Crippen LogP contribution in [0.15, 0.2) is 12.4 Å². The predicted molar refractivity (Wildman–Crippen MR) is 77.1 cm³/mol. The Morgan fingerprint density at radius 1 is 1.09 bits per heavy atom. The minimum absolute atomic E-state index is 0.388. The molecule has 0 N–H and O–H groups in total. The number of rotatable bonds is 1. The second-order valence-electron chi connectivity index (χ2n) is 6.22. The smallest absolute Gasteiger partial charge is 0.444 e. The van der Waals surface area contributed by atoms with Gasteiger partial charge in [-0.25, -0.2) is 14.8 Å². The first kappa shape index (κ1) is 17.3. The van der Waals surface area contributed by atoms with Crippen LogP contribution in [0.1, 0.15) is 26.6 Å². The molecule has 2 rings (SSSR count). The van der Waals surface area contributed by atoms with Crippen LogP contribution in [0.4, 0.5) is 23.7 Å². The van der Waals surface area contributed by atoms with Crippen molar-refractivity contribution in [3.8, 4) is 0 Å². The van der Waals surface area contributed by atoms with Crippen molar-refractivity contribution in [1.82, 2.24) is 14.9 Å². The molecule has 128 valence electrons. The van der Waals surface area contributed by atoms with Gasteiger partial charge in [-0.3, -0.25) is 0 Å². The molecule has 0 aliphatic carbocycles. The summed E-state index contributed by atoms with van der Waals surface area (Å²) in [7, 11) is 0. The summed E-state index contributed by atoms with van der Waals surface area (Å²) in [5, 5.41) is 0. The molecule has 0 bridgehead atoms. The molecule has 1 aromatic heterocycles. The van der Waals surface area contributed by atoms with Gasteiger partial charge < -0.3 is 14.5 Å². The molecule has 0 radical (unpaired) electrons. The first-order chi connectivity index (χ1) is 10.6. The van der Waals surface area contributed by atoms with Crippen LogP contribution in [0.25, 0.3) is 0 Å². The number of anilines is 1. The van der Waals surface area contributed by atoms with E-state index in [0.29, 0.717) is 31.9 Å². The highest BCUT2D eigenvalue weighted by Crippen LogP contribution is 2.26. The standard InChI is InChI=1S/C14H19F3N4O2/c1-13(2,3)23-12(22)21-6-4-20(5-7-21)10-8-18-11(19-9-10)14(15,16)17/h8-9H,4-7H2,1-3H3. The van der Waals surface area contributed by atoms with E-state index in [1.165, 1.54) is 0 Å². The molecule has 6 nitrogen and oxygen atoms in total. The van der Waals surface area contributed by atoms with Gasteiger partial charge in [-0.2, -0.15) is 13.2 Å². The third-order valence-corrected chi connectivity index (χ3v) is 3.19. The summed E-state index contributed by atoms with van der Waals surface area (Å²) in [6.07, 6.45) is -2.63. The highest BCUT2D eigenvalue weighted by molar-refractivity contribution is 5.68. The van der Waals surface area contributed by atoms with Gasteiger partial charge in [-0.1, -0.05) is 0 Å². The molecule has 0 unspecified atom stereocenters. The van der Waals surface area contributed by atoms with Crippen molar-refractivity contribution in [1.29, 1.82) is 0 Å². The lowest BCUT2D eigenvalue weighted by atomic mass is 10.2. The molecule has 1 aliphatic rings. The van der Waals surface area contributed by atoms with E-state index in [4.69, 9.17) is 4.74 Å². The summed E-state index contributed by atoms with van der Waals surface area (Å²) in [6.45, 7) is 7.19. The molecule has 0 atom stereocenters. The van der Waals surface area contributed by atoms with Crippen LogP contribution >= 0.6 is 0 Å². The van der Waals surface area contributed by atoms with Gasteiger partial charge in [0, 0.05) is 26.2 Å². The average Bonchev–Trinajstić information content (AvgIpc) is 2.45. The monoisotopic (exact) mass is 332 g/mol. The maximum atomic E-state index is 12.4. The number of carbonyl (C=O) groups excluding carboxylic acids is 1. The lowest BCUT2D eigenvalue weighted by molar-refractivity contribution is -0.145. The van der Waals surface area contributed by atoms with Crippen molar-refractivity contribution in [2.75, 3.05) is 31.1 Å². The highest BCUT2D eigenvalue weighted by atomic mass is 19.4. The van der Waals surface area contributed by atoms with Crippen molar-refractivity contribution in [3.63, 3.8) is 0 Å². The number of hydrogen-bond donors (Lipinski definition) is 0. The molecular weight excluding hydrogens is 313 g/mol. The van der Waals surface area contributed by atoms with Crippen LogP contribution in [-0.2, 0) is 10.9 Å². The molecule has 1 fully saturated rings. The maximum absolute atomic E-state index is 12.4. The SMILES string of the molecule is CC(C)(C)OC(=O)N1CCN(c2cnc(C(F)(F)F)nc2)CC1. The number of alkyl halides is 3. The summed E-state index contributed by atoms with van der Waals surface area (Å²) < 4.78 is 42.6. The number of piperazine rings is 1. The topological polar surface area (TPSA) is 58.6 Å². The highest BCUT2D eigenvalue weighted by Gasteiger charge is 2.34. The second kappa shape index (κ2) is 6.21. The Morgan fingerprint density at radius 2 is 1.61 bits per heavy atom. The van der Waals surface area contributed by atoms with Gasteiger partial charge in [0.2, 0.25) is 5.82 Å². The zero-order chi connectivity index (χ0) is 17.3. The fourth-order valence-corrected chi connectivity index (χ4v) is 2.10. The summed E-state index contributed by atoms with van der Waals surface area (Å²) in [5.74, 6) is -1.16. The van der Waals surface area contributed by atoms with Crippen LogP contribution in [-0.4, -0.2) is 52.7 Å². The second-order valence-corrected chi connectivity index (χ2v) is 6.22. The van der Waals surface area contributed by atoms with Crippen LogP contribution < -0.4 is 4.90 Å². The van der Waals surface area contributed by atoms with E-state index in [-0.39, 0.29) is 6.09 Å². The minimum Gasteiger partial charge on any atom is -0.444 e. The Balaban J connectivity index is 1.93. The molecule has 0 spiro atoms. The first-order valence-electron chi connectivity index (χ1n) is 7.18. The molecule has 1 aliphatic heterocycles. The van der Waals surface area contributed by atoms with E-state index in [1.807, 2.05) is 4.90 Å². The van der Waals surface area contributed by atoms with Gasteiger partial charge in [0.1, 0.15) is 5.60 Å². The van der Waals surface area contributed by atoms with Crippen molar-refractivity contribution in [3.05, 3.63) is 18.2 Å². The van der Waals surface area contributed by atoms with Crippen LogP contribution in [0.2, 0.25) is 0 Å². The number of aromatic nitrogens is 2. The van der Waals surface area contributed by atoms with E-state index < -0.39 is 17.6 Å². The zero-order valence-electron chi connectivity index (χ0n) is 13.2. The molecule has 0 aromatic carbocycles. The van der Waals surface area contributed by atoms with Gasteiger partial charge >= 0.3 is 12.3 Å². The zero-order valence-corrected chi connectivity index (χ0v) is 13.2. The number of ether oxygens (including phenoxy) is 1. The van der Waals surface area contributed by atoms with E-state index in [0.717, 1.165) is 12.4 Å². The van der Waals surface area contributed by atoms with Crippen molar-refractivity contribution in [2.45, 2.75) is 32.5 Å². The van der Waals surface area contributed by atoms with Gasteiger partial charge in [0.05, 0.1) is 18.1 Å². The lowest BCUT2D eigenvalue weighted by Crippen LogP contribution is -2.50. The molecule has 1 aromatic rings. The van der Waals surface area contributed by atoms with Crippen molar-refractivity contribution < 1.29 is 22.7 Å². The number of hydrogen-bond acceptors (Lipinski definition) is 5. The predicted octanol–water partition coefficient (Wildman–Crippen LogP) is 2.55. The van der Waals surface area contributed by atoms with E-state index >= 15 is 0 Å². The van der Waals surface area contributed by atoms with Gasteiger partial charge in [-0.15, -0.1) is 0 Å². The Hall–Kier alpha value is -2.06. The summed E-state index contributed by atoms with van der Waals surface area (Å²) in [4.78, 5) is 22.0. The van der Waals surface area contributed by atoms with Crippen LogP contribution in [0.3, 0.4) is 0 Å². The molecule has 9 heteroatoms. The van der Waals surface area contributed by atoms with Gasteiger partial charge in [-0.05, 0) is 20.8 Å². The van der Waals surface area contributed by atoms with Gasteiger partial charge in [0.25, 0.3) is 0 Å². The minimum atomic E-state index is -4.55. The van der Waals surface area contributed by atoms with E-state index in [2.05, 4.69) is 9.97 Å². The Labute approximate surface area is 132 Å². The Morgan fingerprint density at radius 3 is 2.04 bits per heavy atom. The maximum Gasteiger partial charge on any atom is 0.451 e. The molecular formula is C14H19F3N4O2. The third-order valence-electron chi connectivity index (χ3n) is 3.19. The quantitative estimate of drug-likeness (QED) is 0.791. The summed E-state index contributed by atoms with van der Waals surface area (Å²) in [5.41, 5.74) is -0.0583. The summed E-state index contributed by atoms with van der Waals surface area (Å²) >= 11 is 0. The number of carbonyl (C=O) groups is 1. The lowest BCUT2D eigenvalue weighted by Gasteiger charge is -2.36. The van der Waals surface area contributed by atoms with Crippen molar-refractivity contribution >= 4 is 11.8 Å². The normalized spacial score (nSPS) is 16.4. The third kappa shape index (κ3) is 4.70. The molecule has 1 amide bonds. The Kier molecular flexibility index (Phi) is 4.67. The van der Waals surface area contributed by atoms with Crippen molar-refractivity contribution in [2.24, 2.45) is 0 Å². The summed E-state index contributed by atoms with van der Waals surface area (Å²) in [6, 6.07) is 0. The van der Waals surface area contributed by atoms with E-state index in [9.17, 15) is 18.0 Å².